The lowest BCUT2D eigenvalue weighted by molar-refractivity contribution is -0.136. The lowest BCUT2D eigenvalue weighted by Crippen LogP contribution is -2.37. The molecule has 0 aromatic heterocycles. The number of carbonyl (C=O) groups is 2. The van der Waals surface area contributed by atoms with E-state index < -0.39 is 5.97 Å². The van der Waals surface area contributed by atoms with Gasteiger partial charge in [-0.15, -0.1) is 0 Å². The normalized spacial score (nSPS) is 20.2. The predicted octanol–water partition coefficient (Wildman–Crippen LogP) is 5.00. The highest BCUT2D eigenvalue weighted by atomic mass is 35.5. The lowest BCUT2D eigenvalue weighted by atomic mass is 9.94. The maximum Gasteiger partial charge on any atom is 0.340 e. The van der Waals surface area contributed by atoms with Crippen LogP contribution in [-0.2, 0) is 14.3 Å². The SMILES string of the molecule is COC(=O)C1=C(C)N(C2CCCCC2)C(=O)/C1=C\c1c(Cl)cccc1Cl. The van der Waals surface area contributed by atoms with E-state index in [1.165, 1.54) is 13.5 Å². The molecule has 3 rings (SSSR count). The maximum absolute atomic E-state index is 13.2. The van der Waals surface area contributed by atoms with E-state index in [0.717, 1.165) is 25.7 Å². The van der Waals surface area contributed by atoms with Crippen LogP contribution in [0, 0.1) is 0 Å². The van der Waals surface area contributed by atoms with Gasteiger partial charge in [-0.2, -0.15) is 0 Å². The average Bonchev–Trinajstić information content (AvgIpc) is 2.88. The van der Waals surface area contributed by atoms with Gasteiger partial charge in [-0.05, 0) is 38.0 Å². The standard InChI is InChI=1S/C20H21Cl2NO3/c1-12-18(20(25)26-2)15(11-14-16(21)9-6-10-17(14)22)19(24)23(12)13-7-4-3-5-8-13/h6,9-11,13H,3-5,7-8H2,1-2H3/b15-11-. The summed E-state index contributed by atoms with van der Waals surface area (Å²) in [7, 11) is 1.32. The molecule has 1 fully saturated rings. The number of nitrogens with zero attached hydrogens (tertiary/aromatic N) is 1. The number of hydrogen-bond acceptors (Lipinski definition) is 3. The van der Waals surface area contributed by atoms with Gasteiger partial charge in [0, 0.05) is 27.3 Å². The number of esters is 1. The fourth-order valence-electron chi connectivity index (χ4n) is 3.77. The largest absolute Gasteiger partial charge is 0.465 e. The first-order valence-electron chi connectivity index (χ1n) is 8.74. The number of methoxy groups -OCH3 is 1. The van der Waals surface area contributed by atoms with Gasteiger partial charge in [0.2, 0.25) is 0 Å². The molecule has 138 valence electrons. The lowest BCUT2D eigenvalue weighted by Gasteiger charge is -2.32. The second-order valence-electron chi connectivity index (χ2n) is 6.61. The summed E-state index contributed by atoms with van der Waals surface area (Å²) >= 11 is 12.5. The predicted molar refractivity (Wildman–Crippen MR) is 103 cm³/mol. The molecule has 0 spiro atoms. The van der Waals surface area contributed by atoms with Crippen LogP contribution in [0.4, 0.5) is 0 Å². The zero-order chi connectivity index (χ0) is 18.8. The first-order valence-corrected chi connectivity index (χ1v) is 9.50. The molecule has 0 radical (unpaired) electrons. The van der Waals surface area contributed by atoms with Crippen molar-refractivity contribution in [3.8, 4) is 0 Å². The van der Waals surface area contributed by atoms with E-state index in [0.29, 0.717) is 26.9 Å². The molecular formula is C20H21Cl2NO3. The molecule has 0 atom stereocenters. The number of benzene rings is 1. The number of halogens is 2. The van der Waals surface area contributed by atoms with Gasteiger partial charge < -0.3 is 9.64 Å². The van der Waals surface area contributed by atoms with Crippen molar-refractivity contribution in [3.05, 3.63) is 50.7 Å². The Morgan fingerprint density at radius 3 is 2.38 bits per heavy atom. The molecule has 6 heteroatoms. The molecule has 26 heavy (non-hydrogen) atoms. The Kier molecular flexibility index (Phi) is 5.73. The number of allylic oxidation sites excluding steroid dienone is 1. The van der Waals surface area contributed by atoms with Crippen LogP contribution in [-0.4, -0.2) is 29.9 Å². The highest BCUT2D eigenvalue weighted by molar-refractivity contribution is 6.37. The van der Waals surface area contributed by atoms with Crippen molar-refractivity contribution in [2.24, 2.45) is 0 Å². The smallest absolute Gasteiger partial charge is 0.340 e. The molecule has 0 bridgehead atoms. The fourth-order valence-corrected chi connectivity index (χ4v) is 4.28. The molecule has 2 aliphatic rings. The van der Waals surface area contributed by atoms with E-state index in [-0.39, 0.29) is 17.5 Å². The van der Waals surface area contributed by atoms with Crippen LogP contribution in [0.2, 0.25) is 10.0 Å². The van der Waals surface area contributed by atoms with Crippen LogP contribution in [0.25, 0.3) is 6.08 Å². The van der Waals surface area contributed by atoms with Gasteiger partial charge in [0.15, 0.2) is 0 Å². The van der Waals surface area contributed by atoms with Crippen molar-refractivity contribution in [1.29, 1.82) is 0 Å². The third kappa shape index (κ3) is 3.40. The minimum absolute atomic E-state index is 0.114. The third-order valence-corrected chi connectivity index (χ3v) is 5.72. The van der Waals surface area contributed by atoms with Crippen molar-refractivity contribution >= 4 is 41.2 Å². The molecule has 1 aliphatic carbocycles. The second kappa shape index (κ2) is 7.85. The summed E-state index contributed by atoms with van der Waals surface area (Å²) in [6, 6.07) is 5.25. The molecule has 1 saturated carbocycles. The van der Waals surface area contributed by atoms with Gasteiger partial charge in [0.1, 0.15) is 0 Å². The summed E-state index contributed by atoms with van der Waals surface area (Å²) in [6.45, 7) is 1.80. The van der Waals surface area contributed by atoms with Crippen LogP contribution >= 0.6 is 23.2 Å². The van der Waals surface area contributed by atoms with Crippen molar-refractivity contribution in [2.45, 2.75) is 45.1 Å². The molecular weight excluding hydrogens is 373 g/mol. The molecule has 0 saturated heterocycles. The van der Waals surface area contributed by atoms with Gasteiger partial charge >= 0.3 is 5.97 Å². The van der Waals surface area contributed by atoms with E-state index in [1.54, 1.807) is 36.1 Å². The Labute approximate surface area is 163 Å². The van der Waals surface area contributed by atoms with Gasteiger partial charge in [-0.1, -0.05) is 48.5 Å². The van der Waals surface area contributed by atoms with Crippen LogP contribution < -0.4 is 0 Å². The quantitative estimate of drug-likeness (QED) is 0.536. The summed E-state index contributed by atoms with van der Waals surface area (Å²) in [5.74, 6) is -0.714. The first-order chi connectivity index (χ1) is 12.5. The number of rotatable bonds is 3. The molecule has 1 aromatic rings. The van der Waals surface area contributed by atoms with Crippen LogP contribution in [0.1, 0.15) is 44.6 Å². The fraction of sp³-hybridized carbons (Fsp3) is 0.400. The van der Waals surface area contributed by atoms with E-state index in [2.05, 4.69) is 0 Å². The van der Waals surface area contributed by atoms with Crippen molar-refractivity contribution < 1.29 is 14.3 Å². The van der Waals surface area contributed by atoms with Gasteiger partial charge in [-0.3, -0.25) is 4.79 Å². The van der Waals surface area contributed by atoms with E-state index in [9.17, 15) is 9.59 Å². The zero-order valence-corrected chi connectivity index (χ0v) is 16.4. The van der Waals surface area contributed by atoms with Crippen molar-refractivity contribution in [1.82, 2.24) is 4.90 Å². The van der Waals surface area contributed by atoms with Gasteiger partial charge in [0.05, 0.1) is 18.3 Å². The van der Waals surface area contributed by atoms with E-state index in [4.69, 9.17) is 27.9 Å². The third-order valence-electron chi connectivity index (χ3n) is 5.06. The Morgan fingerprint density at radius 2 is 1.81 bits per heavy atom. The van der Waals surface area contributed by atoms with Crippen molar-refractivity contribution in [3.63, 3.8) is 0 Å². The minimum Gasteiger partial charge on any atom is -0.465 e. The minimum atomic E-state index is -0.524. The van der Waals surface area contributed by atoms with Gasteiger partial charge in [0.25, 0.3) is 5.91 Å². The number of carbonyl (C=O) groups excluding carboxylic acids is 2. The second-order valence-corrected chi connectivity index (χ2v) is 7.43. The first kappa shape index (κ1) is 19.0. The molecule has 0 N–H and O–H groups in total. The maximum atomic E-state index is 13.2. The Bertz CT molecular complexity index is 787. The van der Waals surface area contributed by atoms with Crippen LogP contribution in [0.15, 0.2) is 35.0 Å². The molecule has 1 aromatic carbocycles. The van der Waals surface area contributed by atoms with E-state index >= 15 is 0 Å². The highest BCUT2D eigenvalue weighted by Gasteiger charge is 2.40. The van der Waals surface area contributed by atoms with Crippen LogP contribution in [0.5, 0.6) is 0 Å². The molecule has 0 unspecified atom stereocenters. The van der Waals surface area contributed by atoms with E-state index in [1.807, 2.05) is 0 Å². The summed E-state index contributed by atoms with van der Waals surface area (Å²) < 4.78 is 4.93. The number of hydrogen-bond donors (Lipinski definition) is 0. The average molecular weight is 394 g/mol. The highest BCUT2D eigenvalue weighted by Crippen LogP contribution is 2.38. The molecule has 4 nitrogen and oxygen atoms in total. The Balaban J connectivity index is 2.10. The summed E-state index contributed by atoms with van der Waals surface area (Å²) in [5.41, 5.74) is 1.75. The zero-order valence-electron chi connectivity index (χ0n) is 14.9. The van der Waals surface area contributed by atoms with Crippen molar-refractivity contribution in [2.75, 3.05) is 7.11 Å². The Hall–Kier alpha value is -1.78. The summed E-state index contributed by atoms with van der Waals surface area (Å²) in [4.78, 5) is 27.4. The monoisotopic (exact) mass is 393 g/mol. The number of ether oxygens (including phenoxy) is 1. The Morgan fingerprint density at radius 1 is 1.19 bits per heavy atom. The molecule has 1 heterocycles. The van der Waals surface area contributed by atoms with Gasteiger partial charge in [-0.25, -0.2) is 4.79 Å². The summed E-state index contributed by atoms with van der Waals surface area (Å²) in [5, 5.41) is 0.853. The summed E-state index contributed by atoms with van der Waals surface area (Å²) in [6.07, 6.45) is 6.85. The molecule has 1 aliphatic heterocycles. The van der Waals surface area contributed by atoms with Crippen LogP contribution in [0.3, 0.4) is 0 Å². The molecule has 1 amide bonds. The topological polar surface area (TPSA) is 46.6 Å². The number of amides is 1.